The van der Waals surface area contributed by atoms with E-state index < -0.39 is 0 Å². The molecule has 88 valence electrons. The van der Waals surface area contributed by atoms with Gasteiger partial charge >= 0.3 is 0 Å². The molecule has 1 rings (SSSR count). The Labute approximate surface area is 101 Å². The Morgan fingerprint density at radius 1 is 1.56 bits per heavy atom. The zero-order chi connectivity index (χ0) is 12.1. The van der Waals surface area contributed by atoms with E-state index in [9.17, 15) is 4.39 Å². The van der Waals surface area contributed by atoms with E-state index in [-0.39, 0.29) is 16.9 Å². The van der Waals surface area contributed by atoms with Gasteiger partial charge in [0.2, 0.25) is 0 Å². The summed E-state index contributed by atoms with van der Waals surface area (Å²) in [7, 11) is 0. The maximum atomic E-state index is 13.0. The molecule has 1 aromatic rings. The Morgan fingerprint density at radius 3 is 2.75 bits per heavy atom. The van der Waals surface area contributed by atoms with E-state index in [1.165, 1.54) is 6.07 Å². The Kier molecular flexibility index (Phi) is 4.97. The zero-order valence-corrected chi connectivity index (χ0v) is 10.4. The molecule has 0 aromatic heterocycles. The molecule has 1 nitrogen and oxygen atoms in total. The first kappa shape index (κ1) is 13.2. The molecule has 1 aromatic carbocycles. The standard InChI is InChI=1S/C13H17ClFN/c1-4-7-16-13(9(2)3)10-5-6-12(15)11(14)8-10/h5-6,8,13,16H,2,4,7H2,1,3H3. The fourth-order valence-corrected chi connectivity index (χ4v) is 1.75. The van der Waals surface area contributed by atoms with E-state index >= 15 is 0 Å². The second-order valence-corrected chi connectivity index (χ2v) is 4.31. The Bertz CT molecular complexity index is 376. The molecule has 0 amide bonds. The highest BCUT2D eigenvalue weighted by Gasteiger charge is 2.12. The van der Waals surface area contributed by atoms with E-state index in [1.54, 1.807) is 12.1 Å². The van der Waals surface area contributed by atoms with Crippen LogP contribution in [-0.2, 0) is 0 Å². The van der Waals surface area contributed by atoms with Gasteiger partial charge < -0.3 is 5.32 Å². The quantitative estimate of drug-likeness (QED) is 0.766. The maximum absolute atomic E-state index is 13.0. The number of rotatable bonds is 5. The van der Waals surface area contributed by atoms with Gasteiger partial charge in [-0.1, -0.05) is 36.7 Å². The predicted molar refractivity (Wildman–Crippen MR) is 67.3 cm³/mol. The smallest absolute Gasteiger partial charge is 0.141 e. The van der Waals surface area contributed by atoms with Crippen molar-refractivity contribution >= 4 is 11.6 Å². The highest BCUT2D eigenvalue weighted by atomic mass is 35.5. The van der Waals surface area contributed by atoms with Crippen molar-refractivity contribution in [1.82, 2.24) is 5.32 Å². The molecule has 3 heteroatoms. The molecule has 1 unspecified atom stereocenters. The summed E-state index contributed by atoms with van der Waals surface area (Å²) in [5, 5.41) is 3.51. The summed E-state index contributed by atoms with van der Waals surface area (Å²) in [6, 6.07) is 4.82. The van der Waals surface area contributed by atoms with Crippen molar-refractivity contribution in [1.29, 1.82) is 0 Å². The topological polar surface area (TPSA) is 12.0 Å². The van der Waals surface area contributed by atoms with Crippen LogP contribution in [0, 0.1) is 5.82 Å². The molecule has 1 N–H and O–H groups in total. The van der Waals surface area contributed by atoms with Crippen LogP contribution in [0.4, 0.5) is 4.39 Å². The van der Waals surface area contributed by atoms with Gasteiger partial charge in [-0.3, -0.25) is 0 Å². The van der Waals surface area contributed by atoms with Gasteiger partial charge in [0.25, 0.3) is 0 Å². The molecule has 1 atom stereocenters. The number of hydrogen-bond acceptors (Lipinski definition) is 1. The van der Waals surface area contributed by atoms with Gasteiger partial charge in [0.1, 0.15) is 5.82 Å². The minimum atomic E-state index is -0.388. The molecule has 0 heterocycles. The second kappa shape index (κ2) is 6.02. The minimum absolute atomic E-state index is 0.0399. The van der Waals surface area contributed by atoms with Crippen molar-refractivity contribution in [2.24, 2.45) is 0 Å². The predicted octanol–water partition coefficient (Wildman–Crippen LogP) is 4.10. The molecule has 0 saturated carbocycles. The lowest BCUT2D eigenvalue weighted by Crippen LogP contribution is -2.22. The van der Waals surface area contributed by atoms with Gasteiger partial charge in [-0.05, 0) is 37.6 Å². The lowest BCUT2D eigenvalue weighted by Gasteiger charge is -2.19. The summed E-state index contributed by atoms with van der Waals surface area (Å²) in [6.07, 6.45) is 1.04. The van der Waals surface area contributed by atoms with Gasteiger partial charge in [-0.15, -0.1) is 0 Å². The maximum Gasteiger partial charge on any atom is 0.141 e. The van der Waals surface area contributed by atoms with Crippen LogP contribution in [0.1, 0.15) is 31.9 Å². The van der Waals surface area contributed by atoms with Crippen molar-refractivity contribution in [2.75, 3.05) is 6.54 Å². The van der Waals surface area contributed by atoms with Crippen LogP contribution in [0.3, 0.4) is 0 Å². The van der Waals surface area contributed by atoms with E-state index in [1.807, 2.05) is 6.92 Å². The van der Waals surface area contributed by atoms with Gasteiger partial charge in [0, 0.05) is 0 Å². The molecule has 0 radical (unpaired) electrons. The summed E-state index contributed by atoms with van der Waals surface area (Å²) in [5.41, 5.74) is 1.95. The van der Waals surface area contributed by atoms with Crippen LogP contribution >= 0.6 is 11.6 Å². The van der Waals surface area contributed by atoms with Crippen molar-refractivity contribution in [3.8, 4) is 0 Å². The molecule has 0 saturated heterocycles. The molecule has 16 heavy (non-hydrogen) atoms. The number of halogens is 2. The van der Waals surface area contributed by atoms with Crippen molar-refractivity contribution in [3.05, 3.63) is 46.8 Å². The summed E-state index contributed by atoms with van der Waals surface area (Å²) in [5.74, 6) is -0.388. The first-order chi connectivity index (χ1) is 7.56. The fourth-order valence-electron chi connectivity index (χ4n) is 1.56. The Morgan fingerprint density at radius 2 is 2.25 bits per heavy atom. The average Bonchev–Trinajstić information content (AvgIpc) is 2.23. The van der Waals surface area contributed by atoms with Crippen LogP contribution in [0.15, 0.2) is 30.4 Å². The second-order valence-electron chi connectivity index (χ2n) is 3.91. The molecule has 0 aliphatic carbocycles. The zero-order valence-electron chi connectivity index (χ0n) is 9.69. The largest absolute Gasteiger partial charge is 0.307 e. The normalized spacial score (nSPS) is 12.5. The average molecular weight is 242 g/mol. The van der Waals surface area contributed by atoms with Crippen molar-refractivity contribution in [2.45, 2.75) is 26.3 Å². The van der Waals surface area contributed by atoms with E-state index in [0.717, 1.165) is 24.1 Å². The summed E-state index contributed by atoms with van der Waals surface area (Å²) in [6.45, 7) is 8.88. The van der Waals surface area contributed by atoms with Crippen LogP contribution in [0.5, 0.6) is 0 Å². The molecular weight excluding hydrogens is 225 g/mol. The lowest BCUT2D eigenvalue weighted by atomic mass is 10.0. The van der Waals surface area contributed by atoms with Gasteiger partial charge in [0.15, 0.2) is 0 Å². The third kappa shape index (κ3) is 3.32. The first-order valence-corrected chi connectivity index (χ1v) is 5.77. The van der Waals surface area contributed by atoms with Crippen molar-refractivity contribution in [3.63, 3.8) is 0 Å². The van der Waals surface area contributed by atoms with Gasteiger partial charge in [-0.25, -0.2) is 4.39 Å². The molecule has 0 bridgehead atoms. The van der Waals surface area contributed by atoms with E-state index in [2.05, 4.69) is 18.8 Å². The number of benzene rings is 1. The highest BCUT2D eigenvalue weighted by Crippen LogP contribution is 2.24. The SMILES string of the molecule is C=C(C)C(NCCC)c1ccc(F)c(Cl)c1. The molecule has 0 aliphatic rings. The monoisotopic (exact) mass is 241 g/mol. The van der Waals surface area contributed by atoms with Crippen molar-refractivity contribution < 1.29 is 4.39 Å². The Hall–Kier alpha value is -0.860. The third-order valence-electron chi connectivity index (χ3n) is 2.37. The first-order valence-electron chi connectivity index (χ1n) is 5.40. The molecular formula is C13H17ClFN. The minimum Gasteiger partial charge on any atom is -0.307 e. The fraction of sp³-hybridized carbons (Fsp3) is 0.385. The summed E-state index contributed by atoms with van der Waals surface area (Å²) >= 11 is 5.76. The Balaban J connectivity index is 2.92. The van der Waals surface area contributed by atoms with Crippen LogP contribution in [-0.4, -0.2) is 6.54 Å². The summed E-state index contributed by atoms with van der Waals surface area (Å²) < 4.78 is 13.0. The number of nitrogens with one attached hydrogen (secondary N) is 1. The van der Waals surface area contributed by atoms with Gasteiger partial charge in [-0.2, -0.15) is 0 Å². The highest BCUT2D eigenvalue weighted by molar-refractivity contribution is 6.30. The molecule has 0 aliphatic heterocycles. The van der Waals surface area contributed by atoms with E-state index in [4.69, 9.17) is 11.6 Å². The number of hydrogen-bond donors (Lipinski definition) is 1. The molecule has 0 fully saturated rings. The van der Waals surface area contributed by atoms with E-state index in [0.29, 0.717) is 0 Å². The van der Waals surface area contributed by atoms with Crippen LogP contribution in [0.25, 0.3) is 0 Å². The lowest BCUT2D eigenvalue weighted by molar-refractivity contribution is 0.586. The van der Waals surface area contributed by atoms with Crippen LogP contribution in [0.2, 0.25) is 5.02 Å². The third-order valence-corrected chi connectivity index (χ3v) is 2.66. The molecule has 0 spiro atoms. The van der Waals surface area contributed by atoms with Crippen LogP contribution < -0.4 is 5.32 Å². The van der Waals surface area contributed by atoms with Gasteiger partial charge in [0.05, 0.1) is 11.1 Å². The summed E-state index contributed by atoms with van der Waals surface area (Å²) in [4.78, 5) is 0.